The first kappa shape index (κ1) is 15.5. The molecule has 0 aliphatic rings. The molecule has 7 heteroatoms. The van der Waals surface area contributed by atoms with E-state index < -0.39 is 10.0 Å². The van der Waals surface area contributed by atoms with Crippen molar-refractivity contribution in [1.29, 1.82) is 0 Å². The predicted octanol–water partition coefficient (Wildman–Crippen LogP) is 1.69. The summed E-state index contributed by atoms with van der Waals surface area (Å²) in [6, 6.07) is 7.60. The van der Waals surface area contributed by atoms with E-state index in [2.05, 4.69) is 14.9 Å². The first-order chi connectivity index (χ1) is 9.90. The number of nitrogens with zero attached hydrogens (tertiary/aromatic N) is 1. The first-order valence-corrected chi connectivity index (χ1v) is 8.09. The quantitative estimate of drug-likeness (QED) is 0.795. The zero-order chi connectivity index (χ0) is 15.5. The van der Waals surface area contributed by atoms with Crippen LogP contribution >= 0.6 is 0 Å². The van der Waals surface area contributed by atoms with Gasteiger partial charge in [0.2, 0.25) is 10.0 Å². The van der Waals surface area contributed by atoms with Crippen molar-refractivity contribution in [3.63, 3.8) is 0 Å². The highest BCUT2D eigenvalue weighted by Gasteiger charge is 2.21. The Balaban J connectivity index is 1.90. The summed E-state index contributed by atoms with van der Waals surface area (Å²) in [5.41, 5.74) is 2.13. The third kappa shape index (κ3) is 3.83. The number of aryl methyl sites for hydroxylation is 3. The Labute approximate surface area is 124 Å². The Morgan fingerprint density at radius 2 is 1.86 bits per heavy atom. The van der Waals surface area contributed by atoms with E-state index in [0.717, 1.165) is 11.3 Å². The fourth-order valence-corrected chi connectivity index (χ4v) is 3.37. The van der Waals surface area contributed by atoms with Crippen LogP contribution in [-0.2, 0) is 10.0 Å². The maximum absolute atomic E-state index is 12.2. The first-order valence-electron chi connectivity index (χ1n) is 6.61. The summed E-state index contributed by atoms with van der Waals surface area (Å²) < 4.78 is 32.3. The summed E-state index contributed by atoms with van der Waals surface area (Å²) in [6.07, 6.45) is 0. The van der Waals surface area contributed by atoms with Crippen molar-refractivity contribution >= 4 is 10.0 Å². The van der Waals surface area contributed by atoms with Gasteiger partial charge >= 0.3 is 0 Å². The van der Waals surface area contributed by atoms with Crippen molar-refractivity contribution in [3.05, 3.63) is 41.2 Å². The maximum Gasteiger partial charge on any atom is 0.244 e. The third-order valence-electron chi connectivity index (χ3n) is 3.01. The zero-order valence-electron chi connectivity index (χ0n) is 12.3. The summed E-state index contributed by atoms with van der Waals surface area (Å²) in [6.45, 7) is 5.78. The number of benzene rings is 1. The van der Waals surface area contributed by atoms with Gasteiger partial charge in [0.25, 0.3) is 0 Å². The van der Waals surface area contributed by atoms with E-state index >= 15 is 0 Å². The van der Waals surface area contributed by atoms with Gasteiger partial charge in [-0.2, -0.15) is 5.10 Å². The maximum atomic E-state index is 12.2. The third-order valence-corrected chi connectivity index (χ3v) is 4.74. The molecule has 0 spiro atoms. The number of sulfonamides is 1. The molecule has 1 heterocycles. The Kier molecular flexibility index (Phi) is 4.64. The van der Waals surface area contributed by atoms with Crippen LogP contribution in [0.1, 0.15) is 17.0 Å². The number of aromatic amines is 1. The standard InChI is InChI=1S/C14H19N3O3S/c1-10-4-6-13(7-5-10)20-9-8-15-21(18,19)14-11(2)16-17-12(14)3/h4-7,15H,8-9H2,1-3H3,(H,16,17). The van der Waals surface area contributed by atoms with E-state index in [9.17, 15) is 8.42 Å². The molecule has 0 saturated carbocycles. The molecule has 1 aromatic heterocycles. The number of nitrogens with one attached hydrogen (secondary N) is 2. The summed E-state index contributed by atoms with van der Waals surface area (Å²) in [7, 11) is -3.56. The molecule has 1 aromatic carbocycles. The second-order valence-corrected chi connectivity index (χ2v) is 6.53. The van der Waals surface area contributed by atoms with E-state index in [1.165, 1.54) is 0 Å². The second-order valence-electron chi connectivity index (χ2n) is 4.82. The number of hydrogen-bond acceptors (Lipinski definition) is 4. The molecule has 6 nitrogen and oxygen atoms in total. The molecule has 2 aromatic rings. The Morgan fingerprint density at radius 1 is 1.19 bits per heavy atom. The lowest BCUT2D eigenvalue weighted by molar-refractivity contribution is 0.323. The summed E-state index contributed by atoms with van der Waals surface area (Å²) in [4.78, 5) is 0.206. The van der Waals surface area contributed by atoms with E-state index in [-0.39, 0.29) is 18.0 Å². The number of ether oxygens (including phenoxy) is 1. The van der Waals surface area contributed by atoms with Crippen LogP contribution in [0.5, 0.6) is 5.75 Å². The molecule has 0 amide bonds. The number of aromatic nitrogens is 2. The average Bonchev–Trinajstić information content (AvgIpc) is 2.77. The van der Waals surface area contributed by atoms with Crippen LogP contribution in [0.25, 0.3) is 0 Å². The molecular weight excluding hydrogens is 290 g/mol. The van der Waals surface area contributed by atoms with Crippen molar-refractivity contribution in [1.82, 2.24) is 14.9 Å². The van der Waals surface area contributed by atoms with Gasteiger partial charge in [-0.1, -0.05) is 17.7 Å². The number of rotatable bonds is 6. The van der Waals surface area contributed by atoms with Crippen molar-refractivity contribution in [2.75, 3.05) is 13.2 Å². The molecule has 0 aliphatic heterocycles. The SMILES string of the molecule is Cc1ccc(OCCNS(=O)(=O)c2c(C)n[nH]c2C)cc1. The van der Waals surface area contributed by atoms with Gasteiger partial charge in [-0.05, 0) is 32.9 Å². The van der Waals surface area contributed by atoms with Crippen LogP contribution in [0.3, 0.4) is 0 Å². The highest BCUT2D eigenvalue weighted by molar-refractivity contribution is 7.89. The molecule has 0 unspecified atom stereocenters. The van der Waals surface area contributed by atoms with Gasteiger partial charge in [0, 0.05) is 6.54 Å². The van der Waals surface area contributed by atoms with E-state index in [0.29, 0.717) is 11.4 Å². The monoisotopic (exact) mass is 309 g/mol. The predicted molar refractivity (Wildman–Crippen MR) is 79.9 cm³/mol. The Bertz CT molecular complexity index is 686. The summed E-state index contributed by atoms with van der Waals surface area (Å²) in [5, 5.41) is 6.56. The number of hydrogen-bond donors (Lipinski definition) is 2. The molecule has 21 heavy (non-hydrogen) atoms. The fraction of sp³-hybridized carbons (Fsp3) is 0.357. The molecule has 0 saturated heterocycles. The van der Waals surface area contributed by atoms with E-state index in [4.69, 9.17) is 4.74 Å². The fourth-order valence-electron chi connectivity index (χ4n) is 1.99. The number of H-pyrrole nitrogens is 1. The normalized spacial score (nSPS) is 11.6. The Hall–Kier alpha value is -1.86. The van der Waals surface area contributed by atoms with Gasteiger partial charge in [0.15, 0.2) is 0 Å². The average molecular weight is 309 g/mol. The molecule has 0 radical (unpaired) electrons. The van der Waals surface area contributed by atoms with Crippen LogP contribution < -0.4 is 9.46 Å². The van der Waals surface area contributed by atoms with Gasteiger partial charge in [0.05, 0.1) is 11.4 Å². The van der Waals surface area contributed by atoms with Gasteiger partial charge in [-0.3, -0.25) is 5.10 Å². The van der Waals surface area contributed by atoms with Gasteiger partial charge in [-0.15, -0.1) is 0 Å². The van der Waals surface area contributed by atoms with Crippen LogP contribution in [-0.4, -0.2) is 31.8 Å². The van der Waals surface area contributed by atoms with Crippen molar-refractivity contribution < 1.29 is 13.2 Å². The van der Waals surface area contributed by atoms with Crippen molar-refractivity contribution in [2.45, 2.75) is 25.7 Å². The van der Waals surface area contributed by atoms with E-state index in [1.807, 2.05) is 31.2 Å². The molecule has 0 aliphatic carbocycles. The lowest BCUT2D eigenvalue weighted by Crippen LogP contribution is -2.29. The lowest BCUT2D eigenvalue weighted by Gasteiger charge is -2.09. The lowest BCUT2D eigenvalue weighted by atomic mass is 10.2. The zero-order valence-corrected chi connectivity index (χ0v) is 13.1. The summed E-state index contributed by atoms with van der Waals surface area (Å²) >= 11 is 0. The molecule has 114 valence electrons. The minimum absolute atomic E-state index is 0.195. The topological polar surface area (TPSA) is 84.1 Å². The highest BCUT2D eigenvalue weighted by Crippen LogP contribution is 2.16. The Morgan fingerprint density at radius 3 is 2.43 bits per heavy atom. The minimum atomic E-state index is -3.56. The van der Waals surface area contributed by atoms with Crippen LogP contribution in [0.4, 0.5) is 0 Å². The molecule has 0 fully saturated rings. The van der Waals surface area contributed by atoms with Crippen molar-refractivity contribution in [3.8, 4) is 5.75 Å². The van der Waals surface area contributed by atoms with Gasteiger partial charge < -0.3 is 4.74 Å². The molecule has 2 N–H and O–H groups in total. The van der Waals surface area contributed by atoms with Crippen LogP contribution in [0.2, 0.25) is 0 Å². The van der Waals surface area contributed by atoms with Crippen molar-refractivity contribution in [2.24, 2.45) is 0 Å². The molecule has 2 rings (SSSR count). The van der Waals surface area contributed by atoms with Gasteiger partial charge in [0.1, 0.15) is 17.3 Å². The van der Waals surface area contributed by atoms with E-state index in [1.54, 1.807) is 13.8 Å². The minimum Gasteiger partial charge on any atom is -0.492 e. The van der Waals surface area contributed by atoms with Crippen LogP contribution in [0.15, 0.2) is 29.2 Å². The molecule has 0 bridgehead atoms. The van der Waals surface area contributed by atoms with Gasteiger partial charge in [-0.25, -0.2) is 13.1 Å². The molecular formula is C14H19N3O3S. The highest BCUT2D eigenvalue weighted by atomic mass is 32.2. The summed E-state index contributed by atoms with van der Waals surface area (Å²) in [5.74, 6) is 0.718. The smallest absolute Gasteiger partial charge is 0.244 e. The largest absolute Gasteiger partial charge is 0.492 e. The van der Waals surface area contributed by atoms with Crippen LogP contribution in [0, 0.1) is 20.8 Å². The molecule has 0 atom stereocenters. The second kappa shape index (κ2) is 6.28.